The minimum atomic E-state index is -3.74. The van der Waals surface area contributed by atoms with Gasteiger partial charge in [0.1, 0.15) is 10.0 Å². The Kier molecular flexibility index (Phi) is 4.25. The SMILES string of the molecule is [CH2]Cc1cnc(-c2ccc(S(N)(=O)=O)s2)nc1Nc1cc(C2CC2)[nH]n1. The highest BCUT2D eigenvalue weighted by atomic mass is 32.2. The van der Waals surface area contributed by atoms with Gasteiger partial charge in [0.15, 0.2) is 11.6 Å². The zero-order valence-corrected chi connectivity index (χ0v) is 15.4. The van der Waals surface area contributed by atoms with Gasteiger partial charge in [0, 0.05) is 29.4 Å². The van der Waals surface area contributed by atoms with E-state index in [1.165, 1.54) is 18.9 Å². The Balaban J connectivity index is 1.65. The molecular formula is C16H17N6O2S2. The van der Waals surface area contributed by atoms with Crippen LogP contribution in [-0.4, -0.2) is 28.6 Å². The van der Waals surface area contributed by atoms with Crippen molar-refractivity contribution in [3.05, 3.63) is 42.6 Å². The molecule has 1 radical (unpaired) electrons. The molecule has 0 saturated heterocycles. The van der Waals surface area contributed by atoms with E-state index >= 15 is 0 Å². The molecule has 0 aromatic carbocycles. The number of rotatable bonds is 6. The molecule has 1 aliphatic carbocycles. The summed E-state index contributed by atoms with van der Waals surface area (Å²) in [4.78, 5) is 9.47. The van der Waals surface area contributed by atoms with Crippen molar-refractivity contribution in [2.24, 2.45) is 5.14 Å². The van der Waals surface area contributed by atoms with Crippen LogP contribution >= 0.6 is 11.3 Å². The van der Waals surface area contributed by atoms with Gasteiger partial charge in [-0.15, -0.1) is 11.3 Å². The highest BCUT2D eigenvalue weighted by Gasteiger charge is 2.25. The van der Waals surface area contributed by atoms with Gasteiger partial charge < -0.3 is 5.32 Å². The summed E-state index contributed by atoms with van der Waals surface area (Å²) >= 11 is 1.03. The van der Waals surface area contributed by atoms with E-state index in [0.29, 0.717) is 34.7 Å². The maximum absolute atomic E-state index is 11.5. The monoisotopic (exact) mass is 389 g/mol. The van der Waals surface area contributed by atoms with E-state index in [2.05, 4.69) is 32.4 Å². The van der Waals surface area contributed by atoms with Crippen LogP contribution in [0.5, 0.6) is 0 Å². The Hall–Kier alpha value is -2.30. The maximum atomic E-state index is 11.5. The van der Waals surface area contributed by atoms with E-state index in [0.717, 1.165) is 22.6 Å². The summed E-state index contributed by atoms with van der Waals surface area (Å²) in [7, 11) is -3.74. The van der Waals surface area contributed by atoms with Crippen molar-refractivity contribution in [1.82, 2.24) is 20.2 Å². The van der Waals surface area contributed by atoms with Crippen molar-refractivity contribution in [2.75, 3.05) is 5.32 Å². The zero-order valence-electron chi connectivity index (χ0n) is 13.8. The number of nitrogens with two attached hydrogens (primary N) is 1. The normalized spacial score (nSPS) is 14.5. The molecule has 135 valence electrons. The van der Waals surface area contributed by atoms with Gasteiger partial charge in [-0.3, -0.25) is 5.10 Å². The van der Waals surface area contributed by atoms with E-state index in [-0.39, 0.29) is 4.21 Å². The lowest BCUT2D eigenvalue weighted by Crippen LogP contribution is -2.09. The molecule has 3 aromatic rings. The number of nitrogens with zero attached hydrogens (tertiary/aromatic N) is 3. The molecule has 26 heavy (non-hydrogen) atoms. The van der Waals surface area contributed by atoms with Crippen LogP contribution in [0.25, 0.3) is 10.7 Å². The van der Waals surface area contributed by atoms with Crippen LogP contribution in [0.15, 0.2) is 28.6 Å². The van der Waals surface area contributed by atoms with Crippen molar-refractivity contribution >= 4 is 33.0 Å². The molecule has 0 bridgehead atoms. The number of hydrogen-bond acceptors (Lipinski definition) is 7. The van der Waals surface area contributed by atoms with Gasteiger partial charge in [0.05, 0.1) is 4.88 Å². The van der Waals surface area contributed by atoms with Crippen LogP contribution in [0.4, 0.5) is 11.6 Å². The molecule has 0 atom stereocenters. The number of anilines is 2. The second-order valence-corrected chi connectivity index (χ2v) is 8.96. The van der Waals surface area contributed by atoms with E-state index in [4.69, 9.17) is 5.14 Å². The van der Waals surface area contributed by atoms with E-state index in [1.54, 1.807) is 12.3 Å². The lowest BCUT2D eigenvalue weighted by Gasteiger charge is -2.08. The largest absolute Gasteiger partial charge is 0.323 e. The summed E-state index contributed by atoms with van der Waals surface area (Å²) in [6, 6.07) is 5.08. The van der Waals surface area contributed by atoms with E-state index in [1.807, 2.05) is 6.07 Å². The van der Waals surface area contributed by atoms with Crippen LogP contribution in [0.2, 0.25) is 0 Å². The molecule has 3 heterocycles. The zero-order chi connectivity index (χ0) is 18.3. The highest BCUT2D eigenvalue weighted by molar-refractivity contribution is 7.91. The number of H-pyrrole nitrogens is 1. The summed E-state index contributed by atoms with van der Waals surface area (Å²) in [6.07, 6.45) is 4.57. The predicted molar refractivity (Wildman–Crippen MR) is 99.6 cm³/mol. The first-order valence-electron chi connectivity index (χ1n) is 8.04. The van der Waals surface area contributed by atoms with Gasteiger partial charge >= 0.3 is 0 Å². The summed E-state index contributed by atoms with van der Waals surface area (Å²) < 4.78 is 23.0. The molecule has 4 N–H and O–H groups in total. The third-order valence-electron chi connectivity index (χ3n) is 4.08. The number of aromatic nitrogens is 4. The Morgan fingerprint density at radius 1 is 1.38 bits per heavy atom. The minimum Gasteiger partial charge on any atom is -0.323 e. The molecule has 0 unspecified atom stereocenters. The minimum absolute atomic E-state index is 0.0771. The number of hydrogen-bond donors (Lipinski definition) is 3. The smallest absolute Gasteiger partial charge is 0.247 e. The van der Waals surface area contributed by atoms with Crippen molar-refractivity contribution in [3.63, 3.8) is 0 Å². The van der Waals surface area contributed by atoms with E-state index in [9.17, 15) is 8.42 Å². The molecule has 8 nitrogen and oxygen atoms in total. The number of aromatic amines is 1. The second-order valence-electron chi connectivity index (χ2n) is 6.09. The standard InChI is InChI=1S/C16H17N6O2S2/c1-2-9-8-18-16(12-5-6-14(25-12)26(17,23)24)20-15(9)19-13-7-11(21-22-13)10-3-4-10/h5-8,10H,1-4H2,(H2,17,23,24)(H2,18,19,20,21,22). The number of thiophene rings is 1. The molecule has 0 spiro atoms. The number of nitrogens with one attached hydrogen (secondary N) is 2. The van der Waals surface area contributed by atoms with E-state index < -0.39 is 10.0 Å². The number of primary sulfonamides is 1. The number of sulfonamides is 1. The Morgan fingerprint density at radius 2 is 2.19 bits per heavy atom. The fourth-order valence-corrected chi connectivity index (χ4v) is 4.21. The van der Waals surface area contributed by atoms with Gasteiger partial charge in [0.2, 0.25) is 10.0 Å². The van der Waals surface area contributed by atoms with Gasteiger partial charge in [-0.2, -0.15) is 5.10 Å². The van der Waals surface area contributed by atoms with Crippen molar-refractivity contribution in [3.8, 4) is 10.7 Å². The summed E-state index contributed by atoms with van der Waals surface area (Å²) in [6.45, 7) is 3.90. The lowest BCUT2D eigenvalue weighted by atomic mass is 10.2. The Morgan fingerprint density at radius 3 is 2.85 bits per heavy atom. The first-order valence-corrected chi connectivity index (χ1v) is 10.4. The Bertz CT molecular complexity index is 1050. The third-order valence-corrected chi connectivity index (χ3v) is 6.60. The first kappa shape index (κ1) is 17.1. The van der Waals surface area contributed by atoms with Crippen molar-refractivity contribution in [1.29, 1.82) is 0 Å². The molecule has 4 rings (SSSR count). The van der Waals surface area contributed by atoms with Crippen molar-refractivity contribution < 1.29 is 8.42 Å². The molecular weight excluding hydrogens is 372 g/mol. The van der Waals surface area contributed by atoms with Gasteiger partial charge in [-0.25, -0.2) is 23.5 Å². The second kappa shape index (κ2) is 6.45. The third kappa shape index (κ3) is 3.48. The average Bonchev–Trinajstić information content (AvgIpc) is 3.14. The summed E-state index contributed by atoms with van der Waals surface area (Å²) in [5.41, 5.74) is 1.96. The van der Waals surface area contributed by atoms with Gasteiger partial charge in [-0.05, 0) is 38.3 Å². The van der Waals surface area contributed by atoms with Crippen LogP contribution in [0, 0.1) is 6.92 Å². The fraction of sp³-hybridized carbons (Fsp3) is 0.250. The van der Waals surface area contributed by atoms with Crippen LogP contribution in [-0.2, 0) is 16.4 Å². The molecule has 1 aliphatic rings. The molecule has 0 aliphatic heterocycles. The highest BCUT2D eigenvalue weighted by Crippen LogP contribution is 2.39. The average molecular weight is 389 g/mol. The summed E-state index contributed by atoms with van der Waals surface area (Å²) in [5, 5.41) is 15.7. The maximum Gasteiger partial charge on any atom is 0.247 e. The quantitative estimate of drug-likeness (QED) is 0.595. The Labute approximate surface area is 154 Å². The first-order chi connectivity index (χ1) is 12.4. The molecule has 1 fully saturated rings. The van der Waals surface area contributed by atoms with Crippen molar-refractivity contribution in [2.45, 2.75) is 29.4 Å². The fourth-order valence-electron chi connectivity index (χ4n) is 2.54. The molecule has 0 amide bonds. The topological polar surface area (TPSA) is 127 Å². The van der Waals surface area contributed by atoms with Gasteiger partial charge in [-0.1, -0.05) is 0 Å². The predicted octanol–water partition coefficient (Wildman–Crippen LogP) is 2.57. The van der Waals surface area contributed by atoms with Crippen LogP contribution in [0.1, 0.15) is 30.0 Å². The van der Waals surface area contributed by atoms with Crippen LogP contribution in [0.3, 0.4) is 0 Å². The molecule has 1 saturated carbocycles. The molecule has 10 heteroatoms. The lowest BCUT2D eigenvalue weighted by molar-refractivity contribution is 0.600. The summed E-state index contributed by atoms with van der Waals surface area (Å²) in [5.74, 6) is 2.28. The van der Waals surface area contributed by atoms with Crippen LogP contribution < -0.4 is 10.5 Å². The van der Waals surface area contributed by atoms with Gasteiger partial charge in [0.25, 0.3) is 0 Å². The molecule has 3 aromatic heterocycles.